The molecule has 4 rings (SSSR count). The normalized spacial score (nSPS) is 16.8. The van der Waals surface area contributed by atoms with E-state index in [0.717, 1.165) is 11.3 Å². The average Bonchev–Trinajstić information content (AvgIpc) is 3.40. The molecule has 1 aliphatic heterocycles. The van der Waals surface area contributed by atoms with Gasteiger partial charge >= 0.3 is 11.9 Å². The van der Waals surface area contributed by atoms with Crippen molar-refractivity contribution >= 4 is 39.9 Å². The Bertz CT molecular complexity index is 1360. The molecule has 1 aliphatic rings. The van der Waals surface area contributed by atoms with E-state index < -0.39 is 23.7 Å². The maximum Gasteiger partial charge on any atom is 0.350 e. The Hall–Kier alpha value is -4.18. The third-order valence-electron chi connectivity index (χ3n) is 5.66. The van der Waals surface area contributed by atoms with Crippen LogP contribution in [0.2, 0.25) is 0 Å². The quantitative estimate of drug-likeness (QED) is 0.218. The lowest BCUT2D eigenvalue weighted by Crippen LogP contribution is -2.29. The molecule has 1 amide bonds. The van der Waals surface area contributed by atoms with Crippen molar-refractivity contribution in [2.24, 2.45) is 0 Å². The van der Waals surface area contributed by atoms with E-state index in [0.29, 0.717) is 34.9 Å². The maximum absolute atomic E-state index is 13.3. The Morgan fingerprint density at radius 1 is 1.11 bits per heavy atom. The van der Waals surface area contributed by atoms with Crippen LogP contribution < -0.4 is 14.4 Å². The number of amides is 1. The van der Waals surface area contributed by atoms with Crippen LogP contribution in [0.25, 0.3) is 5.76 Å². The second-order valence-electron chi connectivity index (χ2n) is 7.81. The molecule has 1 fully saturated rings. The Kier molecular flexibility index (Phi) is 7.07. The number of rotatable bonds is 7. The van der Waals surface area contributed by atoms with Gasteiger partial charge in [-0.2, -0.15) is 0 Å². The molecular formula is C26H24N2O7S. The largest absolute Gasteiger partial charge is 0.507 e. The first kappa shape index (κ1) is 24.9. The molecule has 2 heterocycles. The van der Waals surface area contributed by atoms with Crippen molar-refractivity contribution < 1.29 is 33.7 Å². The van der Waals surface area contributed by atoms with Gasteiger partial charge in [-0.25, -0.2) is 9.78 Å². The summed E-state index contributed by atoms with van der Waals surface area (Å²) in [6.45, 7) is 3.87. The lowest BCUT2D eigenvalue weighted by molar-refractivity contribution is -0.132. The molecule has 1 aromatic heterocycles. The van der Waals surface area contributed by atoms with Crippen molar-refractivity contribution in [2.45, 2.75) is 19.9 Å². The standard InChI is InChI=1S/C26H24N2O7S/c1-5-35-18-8-6-7-16(13-18)21(29)19-20(15-9-11-17(33-3)12-10-15)28(24(31)22(19)30)26-27-14(2)23(36-26)25(32)34-4/h6-13,20,29H,5H2,1-4H3. The van der Waals surface area contributed by atoms with Crippen LogP contribution in [-0.4, -0.2) is 48.6 Å². The summed E-state index contributed by atoms with van der Waals surface area (Å²) in [5.74, 6) is -1.60. The van der Waals surface area contributed by atoms with Crippen LogP contribution in [-0.2, 0) is 14.3 Å². The number of ketones is 1. The molecule has 0 saturated carbocycles. The molecule has 186 valence electrons. The van der Waals surface area contributed by atoms with Gasteiger partial charge in [-0.05, 0) is 43.7 Å². The highest BCUT2D eigenvalue weighted by Crippen LogP contribution is 2.44. The van der Waals surface area contributed by atoms with E-state index in [-0.39, 0.29) is 21.3 Å². The first-order valence-corrected chi connectivity index (χ1v) is 11.9. The van der Waals surface area contributed by atoms with Gasteiger partial charge in [-0.1, -0.05) is 35.6 Å². The topological polar surface area (TPSA) is 115 Å². The number of hydrogen-bond donors (Lipinski definition) is 1. The molecule has 2 aromatic carbocycles. The Balaban J connectivity index is 1.91. The molecule has 1 N–H and O–H groups in total. The van der Waals surface area contributed by atoms with E-state index >= 15 is 0 Å². The summed E-state index contributed by atoms with van der Waals surface area (Å²) in [6, 6.07) is 12.4. The molecule has 0 aliphatic carbocycles. The van der Waals surface area contributed by atoms with Crippen LogP contribution in [0, 0.1) is 6.92 Å². The molecule has 0 bridgehead atoms. The molecule has 36 heavy (non-hydrogen) atoms. The van der Waals surface area contributed by atoms with Crippen LogP contribution in [0.1, 0.15) is 39.5 Å². The molecule has 1 atom stereocenters. The minimum atomic E-state index is -0.997. The van der Waals surface area contributed by atoms with Gasteiger partial charge in [0.1, 0.15) is 22.1 Å². The summed E-state index contributed by atoms with van der Waals surface area (Å²) in [6.07, 6.45) is 0. The fourth-order valence-electron chi connectivity index (χ4n) is 3.95. The van der Waals surface area contributed by atoms with Gasteiger partial charge in [0, 0.05) is 5.56 Å². The summed E-state index contributed by atoms with van der Waals surface area (Å²) < 4.78 is 15.6. The summed E-state index contributed by atoms with van der Waals surface area (Å²) in [7, 11) is 2.78. The van der Waals surface area contributed by atoms with Gasteiger partial charge in [0.25, 0.3) is 5.78 Å². The number of aryl methyl sites for hydroxylation is 1. The third kappa shape index (κ3) is 4.42. The second-order valence-corrected chi connectivity index (χ2v) is 8.78. The van der Waals surface area contributed by atoms with E-state index in [4.69, 9.17) is 14.2 Å². The molecule has 1 saturated heterocycles. The number of aliphatic hydroxyl groups is 1. The van der Waals surface area contributed by atoms with E-state index in [1.165, 1.54) is 19.1 Å². The highest BCUT2D eigenvalue weighted by Gasteiger charge is 2.48. The average molecular weight is 509 g/mol. The number of ether oxygens (including phenoxy) is 3. The SMILES string of the molecule is CCOc1cccc(C(O)=C2C(=O)C(=O)N(c3nc(C)c(C(=O)OC)s3)C2c2ccc(OC)cc2)c1. The monoisotopic (exact) mass is 508 g/mol. The van der Waals surface area contributed by atoms with Gasteiger partial charge in [0.2, 0.25) is 0 Å². The number of thiazole rings is 1. The predicted octanol–water partition coefficient (Wildman–Crippen LogP) is 4.27. The minimum Gasteiger partial charge on any atom is -0.507 e. The highest BCUT2D eigenvalue weighted by atomic mass is 32.1. The number of nitrogens with zero attached hydrogens (tertiary/aromatic N) is 2. The van der Waals surface area contributed by atoms with E-state index in [2.05, 4.69) is 4.98 Å². The number of carbonyl (C=O) groups excluding carboxylic acids is 3. The number of carbonyl (C=O) groups is 3. The number of methoxy groups -OCH3 is 2. The summed E-state index contributed by atoms with van der Waals surface area (Å²) in [5, 5.41) is 11.4. The molecule has 0 spiro atoms. The Morgan fingerprint density at radius 2 is 1.83 bits per heavy atom. The molecular weight excluding hydrogens is 484 g/mol. The van der Waals surface area contributed by atoms with Crippen molar-refractivity contribution in [2.75, 3.05) is 25.7 Å². The number of hydrogen-bond acceptors (Lipinski definition) is 9. The summed E-state index contributed by atoms with van der Waals surface area (Å²) in [5.41, 5.74) is 1.13. The molecule has 0 radical (unpaired) electrons. The van der Waals surface area contributed by atoms with Gasteiger partial charge in [0.05, 0.1) is 38.1 Å². The Morgan fingerprint density at radius 3 is 2.47 bits per heavy atom. The van der Waals surface area contributed by atoms with Crippen LogP contribution in [0.5, 0.6) is 11.5 Å². The van der Waals surface area contributed by atoms with E-state index in [9.17, 15) is 19.5 Å². The highest BCUT2D eigenvalue weighted by molar-refractivity contribution is 7.17. The van der Waals surface area contributed by atoms with Gasteiger partial charge < -0.3 is 19.3 Å². The summed E-state index contributed by atoms with van der Waals surface area (Å²) >= 11 is 0.938. The van der Waals surface area contributed by atoms with Crippen molar-refractivity contribution in [1.82, 2.24) is 4.98 Å². The predicted molar refractivity (Wildman–Crippen MR) is 134 cm³/mol. The fraction of sp³-hybridized carbons (Fsp3) is 0.231. The number of Topliss-reactive ketones (excluding diaryl/α,β-unsaturated/α-hetero) is 1. The number of benzene rings is 2. The number of aromatic nitrogens is 1. The van der Waals surface area contributed by atoms with Crippen molar-refractivity contribution in [3.63, 3.8) is 0 Å². The zero-order valence-electron chi connectivity index (χ0n) is 20.1. The molecule has 9 nitrogen and oxygen atoms in total. The van der Waals surface area contributed by atoms with Gasteiger partial charge in [-0.15, -0.1) is 0 Å². The van der Waals surface area contributed by atoms with Crippen LogP contribution in [0.15, 0.2) is 54.1 Å². The summed E-state index contributed by atoms with van der Waals surface area (Å²) in [4.78, 5) is 44.6. The second kappa shape index (κ2) is 10.2. The minimum absolute atomic E-state index is 0.105. The number of aliphatic hydroxyl groups excluding tert-OH is 1. The van der Waals surface area contributed by atoms with Gasteiger partial charge in [0.15, 0.2) is 5.13 Å². The molecule has 10 heteroatoms. The van der Waals surface area contributed by atoms with Crippen LogP contribution in [0.4, 0.5) is 5.13 Å². The number of anilines is 1. The maximum atomic E-state index is 13.3. The van der Waals surface area contributed by atoms with Crippen LogP contribution >= 0.6 is 11.3 Å². The lowest BCUT2D eigenvalue weighted by atomic mass is 9.95. The van der Waals surface area contributed by atoms with Crippen molar-refractivity contribution in [3.05, 3.63) is 75.8 Å². The Labute approximate surface area is 211 Å². The van der Waals surface area contributed by atoms with E-state index in [1.807, 2.05) is 6.92 Å². The van der Waals surface area contributed by atoms with Crippen molar-refractivity contribution in [1.29, 1.82) is 0 Å². The zero-order chi connectivity index (χ0) is 26.0. The fourth-order valence-corrected chi connectivity index (χ4v) is 4.97. The van der Waals surface area contributed by atoms with E-state index in [1.54, 1.807) is 55.5 Å². The lowest BCUT2D eigenvalue weighted by Gasteiger charge is -2.23. The van der Waals surface area contributed by atoms with Crippen molar-refractivity contribution in [3.8, 4) is 11.5 Å². The molecule has 1 unspecified atom stereocenters. The first-order chi connectivity index (χ1) is 17.3. The first-order valence-electron chi connectivity index (χ1n) is 11.0. The van der Waals surface area contributed by atoms with Crippen LogP contribution in [0.3, 0.4) is 0 Å². The number of esters is 1. The molecule has 3 aromatic rings. The third-order valence-corrected chi connectivity index (χ3v) is 6.79. The smallest absolute Gasteiger partial charge is 0.350 e. The van der Waals surface area contributed by atoms with Gasteiger partial charge in [-0.3, -0.25) is 14.5 Å². The zero-order valence-corrected chi connectivity index (χ0v) is 20.9.